The molecule has 0 aromatic heterocycles. The summed E-state index contributed by atoms with van der Waals surface area (Å²) in [5, 5.41) is 2.56. The van der Waals surface area contributed by atoms with Crippen LogP contribution in [0.5, 0.6) is 0 Å². The number of esters is 1. The lowest BCUT2D eigenvalue weighted by molar-refractivity contribution is -0.129. The Morgan fingerprint density at radius 3 is 2.39 bits per heavy atom. The minimum absolute atomic E-state index is 0.167. The summed E-state index contributed by atoms with van der Waals surface area (Å²) in [5.41, 5.74) is 0.470. The van der Waals surface area contributed by atoms with Crippen molar-refractivity contribution in [2.24, 2.45) is 0 Å². The summed E-state index contributed by atoms with van der Waals surface area (Å²) in [6.07, 6.45) is -1.08. The lowest BCUT2D eigenvalue weighted by atomic mass is 10.2. The van der Waals surface area contributed by atoms with Crippen molar-refractivity contribution in [3.8, 4) is 0 Å². The highest BCUT2D eigenvalue weighted by atomic mass is 19.1. The van der Waals surface area contributed by atoms with E-state index in [-0.39, 0.29) is 17.9 Å². The molecule has 2 rings (SSSR count). The monoisotopic (exact) mass is 319 g/mol. The Hall–Kier alpha value is -2.76. The van der Waals surface area contributed by atoms with Gasteiger partial charge in [-0.25, -0.2) is 13.6 Å². The fourth-order valence-electron chi connectivity index (χ4n) is 1.84. The van der Waals surface area contributed by atoms with Crippen LogP contribution in [0, 0.1) is 11.6 Å². The highest BCUT2D eigenvalue weighted by Crippen LogP contribution is 2.09. The van der Waals surface area contributed by atoms with Gasteiger partial charge in [-0.1, -0.05) is 24.3 Å². The quantitative estimate of drug-likeness (QED) is 0.862. The number of hydrogen-bond acceptors (Lipinski definition) is 3. The fourth-order valence-corrected chi connectivity index (χ4v) is 1.84. The van der Waals surface area contributed by atoms with E-state index in [1.54, 1.807) is 0 Å². The van der Waals surface area contributed by atoms with Crippen molar-refractivity contribution in [3.05, 3.63) is 71.3 Å². The zero-order valence-corrected chi connectivity index (χ0v) is 12.4. The molecule has 0 radical (unpaired) electrons. The summed E-state index contributed by atoms with van der Waals surface area (Å²) in [6, 6.07) is 11.0. The summed E-state index contributed by atoms with van der Waals surface area (Å²) in [7, 11) is 0. The molecule has 2 aromatic carbocycles. The third kappa shape index (κ3) is 4.60. The first kappa shape index (κ1) is 16.6. The van der Waals surface area contributed by atoms with Crippen LogP contribution < -0.4 is 5.32 Å². The molecule has 120 valence electrons. The van der Waals surface area contributed by atoms with E-state index in [1.807, 2.05) is 0 Å². The molecule has 2 aromatic rings. The van der Waals surface area contributed by atoms with Gasteiger partial charge < -0.3 is 10.1 Å². The summed E-state index contributed by atoms with van der Waals surface area (Å²) < 4.78 is 31.2. The molecule has 0 aliphatic heterocycles. The van der Waals surface area contributed by atoms with Gasteiger partial charge in [0.2, 0.25) is 0 Å². The maximum absolute atomic E-state index is 13.5. The van der Waals surface area contributed by atoms with E-state index >= 15 is 0 Å². The first-order valence-corrected chi connectivity index (χ1v) is 6.95. The first-order chi connectivity index (χ1) is 11.0. The third-order valence-electron chi connectivity index (χ3n) is 3.13. The van der Waals surface area contributed by atoms with Crippen molar-refractivity contribution in [1.82, 2.24) is 5.32 Å². The van der Waals surface area contributed by atoms with E-state index in [4.69, 9.17) is 4.74 Å². The van der Waals surface area contributed by atoms with E-state index in [9.17, 15) is 18.4 Å². The highest BCUT2D eigenvalue weighted by Gasteiger charge is 2.20. The molecule has 0 aliphatic rings. The summed E-state index contributed by atoms with van der Waals surface area (Å²) in [6.45, 7) is 1.56. The molecule has 0 spiro atoms. The third-order valence-corrected chi connectivity index (χ3v) is 3.13. The number of halogens is 2. The molecule has 1 amide bonds. The van der Waals surface area contributed by atoms with Crippen LogP contribution in [0.3, 0.4) is 0 Å². The Labute approximate surface area is 132 Å². The summed E-state index contributed by atoms with van der Waals surface area (Å²) in [5.74, 6) is -2.52. The minimum atomic E-state index is -1.08. The largest absolute Gasteiger partial charge is 0.449 e. The Balaban J connectivity index is 1.88. The molecule has 0 heterocycles. The molecule has 0 unspecified atom stereocenters. The highest BCUT2D eigenvalue weighted by molar-refractivity contribution is 5.92. The molecule has 0 aliphatic carbocycles. The Bertz CT molecular complexity index is 701. The van der Waals surface area contributed by atoms with Crippen LogP contribution in [0.1, 0.15) is 22.8 Å². The number of rotatable bonds is 5. The SMILES string of the molecule is C[C@@H](OC(=O)c1ccccc1F)C(=O)NCc1ccc(F)cc1. The van der Waals surface area contributed by atoms with Gasteiger partial charge in [-0.05, 0) is 36.8 Å². The van der Waals surface area contributed by atoms with Gasteiger partial charge in [0.1, 0.15) is 11.6 Å². The second-order valence-electron chi connectivity index (χ2n) is 4.87. The van der Waals surface area contributed by atoms with Crippen LogP contribution in [0.4, 0.5) is 8.78 Å². The zero-order valence-electron chi connectivity index (χ0n) is 12.4. The summed E-state index contributed by atoms with van der Waals surface area (Å²) in [4.78, 5) is 23.7. The van der Waals surface area contributed by atoms with Crippen molar-refractivity contribution < 1.29 is 23.1 Å². The second kappa shape index (κ2) is 7.49. The van der Waals surface area contributed by atoms with Crippen LogP contribution in [-0.2, 0) is 16.1 Å². The van der Waals surface area contributed by atoms with Gasteiger partial charge in [0.25, 0.3) is 5.91 Å². The average Bonchev–Trinajstić information content (AvgIpc) is 2.54. The maximum Gasteiger partial charge on any atom is 0.341 e. The Morgan fingerprint density at radius 1 is 1.09 bits per heavy atom. The van der Waals surface area contributed by atoms with E-state index in [1.165, 1.54) is 49.4 Å². The van der Waals surface area contributed by atoms with Crippen LogP contribution >= 0.6 is 0 Å². The van der Waals surface area contributed by atoms with Crippen molar-refractivity contribution in [3.63, 3.8) is 0 Å². The van der Waals surface area contributed by atoms with Gasteiger partial charge >= 0.3 is 5.97 Å². The molecule has 0 bridgehead atoms. The molecule has 23 heavy (non-hydrogen) atoms. The molecular formula is C17H15F2NO3. The maximum atomic E-state index is 13.5. The topological polar surface area (TPSA) is 55.4 Å². The van der Waals surface area contributed by atoms with Crippen molar-refractivity contribution >= 4 is 11.9 Å². The number of amides is 1. The van der Waals surface area contributed by atoms with Crippen molar-refractivity contribution in [2.75, 3.05) is 0 Å². The Kier molecular flexibility index (Phi) is 5.41. The van der Waals surface area contributed by atoms with Gasteiger partial charge in [-0.2, -0.15) is 0 Å². The number of carbonyl (C=O) groups is 2. The van der Waals surface area contributed by atoms with Crippen LogP contribution in [0.2, 0.25) is 0 Å². The van der Waals surface area contributed by atoms with Crippen molar-refractivity contribution in [2.45, 2.75) is 19.6 Å². The lowest BCUT2D eigenvalue weighted by Gasteiger charge is -2.13. The second-order valence-corrected chi connectivity index (χ2v) is 4.87. The van der Waals surface area contributed by atoms with E-state index in [0.29, 0.717) is 5.56 Å². The van der Waals surface area contributed by atoms with E-state index in [2.05, 4.69) is 5.32 Å². The number of carbonyl (C=O) groups excluding carboxylic acids is 2. The molecule has 1 atom stereocenters. The van der Waals surface area contributed by atoms with Gasteiger partial charge in [0.05, 0.1) is 5.56 Å². The smallest absolute Gasteiger partial charge is 0.341 e. The molecule has 6 heteroatoms. The molecular weight excluding hydrogens is 304 g/mol. The fraction of sp³-hybridized carbons (Fsp3) is 0.176. The van der Waals surface area contributed by atoms with Crippen LogP contribution in [0.25, 0.3) is 0 Å². The van der Waals surface area contributed by atoms with E-state index in [0.717, 1.165) is 6.07 Å². The minimum Gasteiger partial charge on any atom is -0.449 e. The van der Waals surface area contributed by atoms with Crippen LogP contribution in [-0.4, -0.2) is 18.0 Å². The van der Waals surface area contributed by atoms with E-state index < -0.39 is 23.8 Å². The summed E-state index contributed by atoms with van der Waals surface area (Å²) >= 11 is 0. The molecule has 1 N–H and O–H groups in total. The first-order valence-electron chi connectivity index (χ1n) is 6.95. The standard InChI is InChI=1S/C17H15F2NO3/c1-11(23-17(22)14-4-2-3-5-15(14)19)16(21)20-10-12-6-8-13(18)9-7-12/h2-9,11H,10H2,1H3,(H,20,21)/t11-/m1/s1. The zero-order chi connectivity index (χ0) is 16.8. The van der Waals surface area contributed by atoms with Crippen molar-refractivity contribution in [1.29, 1.82) is 0 Å². The predicted octanol–water partition coefficient (Wildman–Crippen LogP) is 2.83. The average molecular weight is 319 g/mol. The normalized spacial score (nSPS) is 11.6. The van der Waals surface area contributed by atoms with Crippen LogP contribution in [0.15, 0.2) is 48.5 Å². The van der Waals surface area contributed by atoms with Gasteiger partial charge in [0, 0.05) is 6.54 Å². The van der Waals surface area contributed by atoms with Gasteiger partial charge in [-0.15, -0.1) is 0 Å². The van der Waals surface area contributed by atoms with Gasteiger partial charge in [0.15, 0.2) is 6.10 Å². The van der Waals surface area contributed by atoms with Gasteiger partial charge in [-0.3, -0.25) is 4.79 Å². The Morgan fingerprint density at radius 2 is 1.74 bits per heavy atom. The molecule has 0 saturated heterocycles. The molecule has 0 fully saturated rings. The molecule has 4 nitrogen and oxygen atoms in total. The molecule has 0 saturated carbocycles. The number of ether oxygens (including phenoxy) is 1. The number of benzene rings is 2. The number of hydrogen-bond donors (Lipinski definition) is 1. The lowest BCUT2D eigenvalue weighted by Crippen LogP contribution is -2.35. The number of nitrogens with one attached hydrogen (secondary N) is 1. The predicted molar refractivity (Wildman–Crippen MR) is 79.5 cm³/mol.